The van der Waals surface area contributed by atoms with Gasteiger partial charge < -0.3 is 10.1 Å². The fourth-order valence-corrected chi connectivity index (χ4v) is 2.27. The normalized spacial score (nSPS) is 24.4. The lowest BCUT2D eigenvalue weighted by Gasteiger charge is -2.13. The van der Waals surface area contributed by atoms with Crippen molar-refractivity contribution in [2.24, 2.45) is 5.92 Å². The molecule has 1 aromatic heterocycles. The van der Waals surface area contributed by atoms with Gasteiger partial charge in [-0.05, 0) is 38.2 Å². The molecule has 0 spiro atoms. The quantitative estimate of drug-likeness (QED) is 0.846. The minimum Gasteiger partial charge on any atom is -0.478 e. The summed E-state index contributed by atoms with van der Waals surface area (Å²) in [4.78, 5) is 4.24. The molecule has 1 saturated carbocycles. The highest BCUT2D eigenvalue weighted by atomic mass is 16.5. The predicted molar refractivity (Wildman–Crippen MR) is 65.8 cm³/mol. The Morgan fingerprint density at radius 3 is 2.88 bits per heavy atom. The fourth-order valence-electron chi connectivity index (χ4n) is 2.27. The largest absolute Gasteiger partial charge is 0.478 e. The lowest BCUT2D eigenvalue weighted by molar-refractivity contribution is 0.327. The zero-order valence-electron chi connectivity index (χ0n) is 10.1. The van der Waals surface area contributed by atoms with Gasteiger partial charge in [-0.2, -0.15) is 0 Å². The van der Waals surface area contributed by atoms with Gasteiger partial charge >= 0.3 is 0 Å². The van der Waals surface area contributed by atoms with Gasteiger partial charge in [-0.25, -0.2) is 4.98 Å². The molecular formula is C13H20N2O. The third-order valence-corrected chi connectivity index (χ3v) is 3.09. The van der Waals surface area contributed by atoms with Crippen LogP contribution in [0.3, 0.4) is 0 Å². The number of aromatic nitrogens is 1. The average molecular weight is 220 g/mol. The summed E-state index contributed by atoms with van der Waals surface area (Å²) in [6.45, 7) is 4.95. The second kappa shape index (κ2) is 5.19. The van der Waals surface area contributed by atoms with E-state index < -0.39 is 0 Å². The van der Waals surface area contributed by atoms with E-state index in [4.69, 9.17) is 4.74 Å². The maximum Gasteiger partial charge on any atom is 0.213 e. The molecule has 3 heteroatoms. The van der Waals surface area contributed by atoms with Gasteiger partial charge in [0, 0.05) is 12.1 Å². The molecule has 88 valence electrons. The third-order valence-electron chi connectivity index (χ3n) is 3.09. The number of hydrogen-bond donors (Lipinski definition) is 1. The third kappa shape index (κ3) is 2.87. The van der Waals surface area contributed by atoms with Gasteiger partial charge in [-0.3, -0.25) is 0 Å². The summed E-state index contributed by atoms with van der Waals surface area (Å²) in [7, 11) is 0. The van der Waals surface area contributed by atoms with Gasteiger partial charge in [0.2, 0.25) is 5.88 Å². The van der Waals surface area contributed by atoms with Gasteiger partial charge in [-0.1, -0.05) is 6.92 Å². The molecule has 0 bridgehead atoms. The molecule has 1 aliphatic rings. The summed E-state index contributed by atoms with van der Waals surface area (Å²) >= 11 is 0. The molecule has 0 radical (unpaired) electrons. The molecule has 3 nitrogen and oxygen atoms in total. The molecule has 0 aromatic carbocycles. The number of ether oxygens (including phenoxy) is 1. The minimum atomic E-state index is 0.620. The molecule has 2 rings (SSSR count). The number of anilines is 1. The molecule has 1 aromatic rings. The molecule has 2 unspecified atom stereocenters. The van der Waals surface area contributed by atoms with E-state index in [1.165, 1.54) is 19.3 Å². The summed E-state index contributed by atoms with van der Waals surface area (Å²) < 4.78 is 5.31. The summed E-state index contributed by atoms with van der Waals surface area (Å²) in [5.74, 6) is 1.56. The van der Waals surface area contributed by atoms with Crippen LogP contribution in [0.4, 0.5) is 5.69 Å². The van der Waals surface area contributed by atoms with Crippen LogP contribution in [0, 0.1) is 5.92 Å². The van der Waals surface area contributed by atoms with Crippen molar-refractivity contribution in [1.29, 1.82) is 0 Å². The maximum absolute atomic E-state index is 5.31. The summed E-state index contributed by atoms with van der Waals surface area (Å²) in [5.41, 5.74) is 1.10. The first-order valence-electron chi connectivity index (χ1n) is 6.13. The zero-order valence-corrected chi connectivity index (χ0v) is 10.1. The summed E-state index contributed by atoms with van der Waals surface area (Å²) in [6.07, 6.45) is 5.73. The smallest absolute Gasteiger partial charge is 0.213 e. The Bertz CT molecular complexity index is 323. The van der Waals surface area contributed by atoms with Crippen LogP contribution < -0.4 is 10.1 Å². The van der Waals surface area contributed by atoms with Crippen molar-refractivity contribution in [3.63, 3.8) is 0 Å². The van der Waals surface area contributed by atoms with Crippen LogP contribution in [0.15, 0.2) is 18.3 Å². The van der Waals surface area contributed by atoms with E-state index in [2.05, 4.69) is 17.2 Å². The summed E-state index contributed by atoms with van der Waals surface area (Å²) in [6, 6.07) is 4.58. The number of nitrogens with one attached hydrogen (secondary N) is 1. The van der Waals surface area contributed by atoms with Crippen molar-refractivity contribution < 1.29 is 4.74 Å². The highest BCUT2D eigenvalue weighted by Gasteiger charge is 2.20. The monoisotopic (exact) mass is 220 g/mol. The van der Waals surface area contributed by atoms with Crippen LogP contribution in [0.1, 0.15) is 33.1 Å². The van der Waals surface area contributed by atoms with Gasteiger partial charge in [0.15, 0.2) is 0 Å². The van der Waals surface area contributed by atoms with E-state index in [1.54, 1.807) is 0 Å². The molecule has 1 heterocycles. The molecule has 0 amide bonds. The lowest BCUT2D eigenvalue weighted by atomic mass is 10.1. The second-order valence-electron chi connectivity index (χ2n) is 4.58. The lowest BCUT2D eigenvalue weighted by Crippen LogP contribution is -2.15. The highest BCUT2D eigenvalue weighted by molar-refractivity contribution is 5.43. The Labute approximate surface area is 97.2 Å². The first kappa shape index (κ1) is 11.2. The second-order valence-corrected chi connectivity index (χ2v) is 4.58. The van der Waals surface area contributed by atoms with Crippen LogP contribution in [0.25, 0.3) is 0 Å². The fraction of sp³-hybridized carbons (Fsp3) is 0.615. The molecule has 2 atom stereocenters. The Balaban J connectivity index is 1.89. The Morgan fingerprint density at radius 1 is 1.44 bits per heavy atom. The van der Waals surface area contributed by atoms with Crippen molar-refractivity contribution in [2.75, 3.05) is 11.9 Å². The Kier molecular flexibility index (Phi) is 3.65. The van der Waals surface area contributed by atoms with Crippen molar-refractivity contribution in [3.8, 4) is 5.88 Å². The molecular weight excluding hydrogens is 200 g/mol. The average Bonchev–Trinajstić information content (AvgIpc) is 2.67. The number of nitrogens with zero attached hydrogens (tertiary/aromatic N) is 1. The molecule has 0 aliphatic heterocycles. The number of pyridine rings is 1. The Hall–Kier alpha value is -1.25. The molecule has 1 fully saturated rings. The standard InChI is InChI=1S/C13H20N2O/c1-3-16-13-7-6-12(9-14-13)15-11-5-4-10(2)8-11/h6-7,9-11,15H,3-5,8H2,1-2H3. The maximum atomic E-state index is 5.31. The van der Waals surface area contributed by atoms with Crippen LogP contribution in [0.2, 0.25) is 0 Å². The molecule has 0 saturated heterocycles. The van der Waals surface area contributed by atoms with Crippen molar-refractivity contribution in [3.05, 3.63) is 18.3 Å². The zero-order chi connectivity index (χ0) is 11.4. The minimum absolute atomic E-state index is 0.620. The predicted octanol–water partition coefficient (Wildman–Crippen LogP) is 3.08. The Morgan fingerprint density at radius 2 is 2.31 bits per heavy atom. The van der Waals surface area contributed by atoms with E-state index >= 15 is 0 Å². The van der Waals surface area contributed by atoms with Crippen LogP contribution in [0.5, 0.6) is 5.88 Å². The van der Waals surface area contributed by atoms with Gasteiger partial charge in [-0.15, -0.1) is 0 Å². The molecule has 1 N–H and O–H groups in total. The SMILES string of the molecule is CCOc1ccc(NC2CCC(C)C2)cn1. The van der Waals surface area contributed by atoms with Crippen molar-refractivity contribution in [2.45, 2.75) is 39.2 Å². The van der Waals surface area contributed by atoms with Crippen LogP contribution >= 0.6 is 0 Å². The summed E-state index contributed by atoms with van der Waals surface area (Å²) in [5, 5.41) is 3.52. The molecule has 1 aliphatic carbocycles. The van der Waals surface area contributed by atoms with Gasteiger partial charge in [0.05, 0.1) is 18.5 Å². The van der Waals surface area contributed by atoms with E-state index in [0.717, 1.165) is 11.6 Å². The van der Waals surface area contributed by atoms with Gasteiger partial charge in [0.1, 0.15) is 0 Å². The van der Waals surface area contributed by atoms with Gasteiger partial charge in [0.25, 0.3) is 0 Å². The van der Waals surface area contributed by atoms with E-state index in [9.17, 15) is 0 Å². The van der Waals surface area contributed by atoms with E-state index in [1.807, 2.05) is 25.3 Å². The van der Waals surface area contributed by atoms with Crippen molar-refractivity contribution >= 4 is 5.69 Å². The van der Waals surface area contributed by atoms with Crippen LogP contribution in [-0.4, -0.2) is 17.6 Å². The first-order valence-corrected chi connectivity index (χ1v) is 6.13. The number of hydrogen-bond acceptors (Lipinski definition) is 3. The van der Waals surface area contributed by atoms with E-state index in [0.29, 0.717) is 18.5 Å². The van der Waals surface area contributed by atoms with Crippen molar-refractivity contribution in [1.82, 2.24) is 4.98 Å². The molecule has 16 heavy (non-hydrogen) atoms. The first-order chi connectivity index (χ1) is 7.78. The van der Waals surface area contributed by atoms with E-state index in [-0.39, 0.29) is 0 Å². The van der Waals surface area contributed by atoms with Crippen LogP contribution in [-0.2, 0) is 0 Å². The topological polar surface area (TPSA) is 34.1 Å². The highest BCUT2D eigenvalue weighted by Crippen LogP contribution is 2.27. The number of rotatable bonds is 4.